The van der Waals surface area contributed by atoms with Crippen LogP contribution in [0, 0.1) is 0 Å². The molecule has 2 aliphatic rings. The molecule has 1 N–H and O–H groups in total. The Balaban J connectivity index is 1.62. The van der Waals surface area contributed by atoms with Crippen LogP contribution in [0.5, 0.6) is 0 Å². The number of hydrogen-bond donors (Lipinski definition) is 1. The van der Waals surface area contributed by atoms with E-state index in [1.165, 1.54) is 38.6 Å². The van der Waals surface area contributed by atoms with Gasteiger partial charge in [0.1, 0.15) is 5.76 Å². The van der Waals surface area contributed by atoms with Crippen LogP contribution in [0.3, 0.4) is 0 Å². The molecule has 0 radical (unpaired) electrons. The van der Waals surface area contributed by atoms with Crippen LogP contribution < -0.4 is 5.32 Å². The molecular weight excluding hydrogens is 212 g/mol. The SMILES string of the molecule is c1coc(CN2CCNC3(CCCCC3)C2)c1. The molecule has 17 heavy (non-hydrogen) atoms. The maximum absolute atomic E-state index is 5.45. The molecule has 0 bridgehead atoms. The molecule has 3 rings (SSSR count). The van der Waals surface area contributed by atoms with Crippen LogP contribution in [0.25, 0.3) is 0 Å². The van der Waals surface area contributed by atoms with E-state index in [0.29, 0.717) is 5.54 Å². The van der Waals surface area contributed by atoms with Crippen LogP contribution in [0.15, 0.2) is 22.8 Å². The molecule has 0 aromatic carbocycles. The van der Waals surface area contributed by atoms with E-state index in [1.807, 2.05) is 6.07 Å². The van der Waals surface area contributed by atoms with E-state index in [1.54, 1.807) is 6.26 Å². The van der Waals surface area contributed by atoms with Crippen LogP contribution in [0.4, 0.5) is 0 Å². The van der Waals surface area contributed by atoms with Gasteiger partial charge in [-0.2, -0.15) is 0 Å². The minimum Gasteiger partial charge on any atom is -0.468 e. The quantitative estimate of drug-likeness (QED) is 0.851. The van der Waals surface area contributed by atoms with Crippen molar-refractivity contribution in [1.29, 1.82) is 0 Å². The van der Waals surface area contributed by atoms with Gasteiger partial charge in [-0.05, 0) is 25.0 Å². The first-order valence-electron chi connectivity index (χ1n) is 6.86. The second-order valence-electron chi connectivity index (χ2n) is 5.56. The van der Waals surface area contributed by atoms with Crippen molar-refractivity contribution in [2.75, 3.05) is 19.6 Å². The van der Waals surface area contributed by atoms with E-state index in [2.05, 4.69) is 16.3 Å². The predicted octanol–water partition coefficient (Wildman–Crippen LogP) is 2.39. The Morgan fingerprint density at radius 3 is 2.94 bits per heavy atom. The van der Waals surface area contributed by atoms with Gasteiger partial charge >= 0.3 is 0 Å². The topological polar surface area (TPSA) is 28.4 Å². The number of furan rings is 1. The molecule has 1 spiro atoms. The van der Waals surface area contributed by atoms with Gasteiger partial charge in [0.05, 0.1) is 12.8 Å². The van der Waals surface area contributed by atoms with Crippen LogP contribution in [-0.2, 0) is 6.54 Å². The molecule has 94 valence electrons. The highest BCUT2D eigenvalue weighted by molar-refractivity contribution is 5.01. The Kier molecular flexibility index (Phi) is 3.21. The van der Waals surface area contributed by atoms with Crippen molar-refractivity contribution in [2.24, 2.45) is 0 Å². The lowest BCUT2D eigenvalue weighted by Gasteiger charge is -2.46. The highest BCUT2D eigenvalue weighted by Crippen LogP contribution is 2.30. The van der Waals surface area contributed by atoms with Gasteiger partial charge in [0.15, 0.2) is 0 Å². The van der Waals surface area contributed by atoms with Gasteiger partial charge in [0.2, 0.25) is 0 Å². The zero-order chi connectivity index (χ0) is 11.6. The number of piperazine rings is 1. The van der Waals surface area contributed by atoms with Gasteiger partial charge in [0.25, 0.3) is 0 Å². The molecule has 1 aromatic heterocycles. The number of hydrogen-bond acceptors (Lipinski definition) is 3. The Morgan fingerprint density at radius 1 is 1.29 bits per heavy atom. The summed E-state index contributed by atoms with van der Waals surface area (Å²) in [7, 11) is 0. The summed E-state index contributed by atoms with van der Waals surface area (Å²) in [5.74, 6) is 1.10. The Labute approximate surface area is 103 Å². The summed E-state index contributed by atoms with van der Waals surface area (Å²) >= 11 is 0. The fourth-order valence-electron chi connectivity index (χ4n) is 3.36. The van der Waals surface area contributed by atoms with E-state index >= 15 is 0 Å². The van der Waals surface area contributed by atoms with Gasteiger partial charge in [-0.1, -0.05) is 19.3 Å². The molecule has 3 nitrogen and oxygen atoms in total. The lowest BCUT2D eigenvalue weighted by atomic mass is 9.80. The fraction of sp³-hybridized carbons (Fsp3) is 0.714. The van der Waals surface area contributed by atoms with Crippen LogP contribution >= 0.6 is 0 Å². The lowest BCUT2D eigenvalue weighted by molar-refractivity contribution is 0.0895. The van der Waals surface area contributed by atoms with Crippen molar-refractivity contribution in [3.05, 3.63) is 24.2 Å². The van der Waals surface area contributed by atoms with Gasteiger partial charge in [-0.15, -0.1) is 0 Å². The van der Waals surface area contributed by atoms with Crippen molar-refractivity contribution < 1.29 is 4.42 Å². The summed E-state index contributed by atoms with van der Waals surface area (Å²) in [5.41, 5.74) is 0.406. The Bertz CT molecular complexity index is 336. The highest BCUT2D eigenvalue weighted by atomic mass is 16.3. The molecule has 2 fully saturated rings. The number of nitrogens with one attached hydrogen (secondary N) is 1. The van der Waals surface area contributed by atoms with Crippen LogP contribution in [0.1, 0.15) is 37.9 Å². The second-order valence-corrected chi connectivity index (χ2v) is 5.56. The summed E-state index contributed by atoms with van der Waals surface area (Å²) in [5, 5.41) is 3.77. The molecule has 0 unspecified atom stereocenters. The van der Waals surface area contributed by atoms with E-state index in [9.17, 15) is 0 Å². The number of rotatable bonds is 2. The maximum atomic E-state index is 5.45. The molecule has 2 heterocycles. The molecule has 0 amide bonds. The normalized spacial score (nSPS) is 25.2. The zero-order valence-corrected chi connectivity index (χ0v) is 10.5. The van der Waals surface area contributed by atoms with Crippen molar-refractivity contribution >= 4 is 0 Å². The monoisotopic (exact) mass is 234 g/mol. The first kappa shape index (κ1) is 11.3. The minimum atomic E-state index is 0.406. The van der Waals surface area contributed by atoms with Gasteiger partial charge in [-0.3, -0.25) is 4.90 Å². The van der Waals surface area contributed by atoms with Gasteiger partial charge in [0, 0.05) is 25.2 Å². The lowest BCUT2D eigenvalue weighted by Crippen LogP contribution is -2.60. The summed E-state index contributed by atoms with van der Waals surface area (Å²) < 4.78 is 5.45. The van der Waals surface area contributed by atoms with E-state index in [4.69, 9.17) is 4.42 Å². The van der Waals surface area contributed by atoms with Crippen LogP contribution in [0.2, 0.25) is 0 Å². The number of nitrogens with zero attached hydrogens (tertiary/aromatic N) is 1. The summed E-state index contributed by atoms with van der Waals surface area (Å²) in [6.45, 7) is 4.42. The molecule has 1 aliphatic heterocycles. The first-order chi connectivity index (χ1) is 8.36. The molecule has 1 aromatic rings. The Morgan fingerprint density at radius 2 is 2.18 bits per heavy atom. The molecule has 1 aliphatic carbocycles. The smallest absolute Gasteiger partial charge is 0.117 e. The third-order valence-corrected chi connectivity index (χ3v) is 4.22. The molecular formula is C14H22N2O. The summed E-state index contributed by atoms with van der Waals surface area (Å²) in [4.78, 5) is 2.54. The molecule has 3 heteroatoms. The minimum absolute atomic E-state index is 0.406. The first-order valence-corrected chi connectivity index (χ1v) is 6.86. The fourth-order valence-corrected chi connectivity index (χ4v) is 3.36. The maximum Gasteiger partial charge on any atom is 0.117 e. The van der Waals surface area contributed by atoms with Crippen LogP contribution in [-0.4, -0.2) is 30.1 Å². The molecule has 0 atom stereocenters. The van der Waals surface area contributed by atoms with Crippen molar-refractivity contribution in [3.8, 4) is 0 Å². The van der Waals surface area contributed by atoms with Gasteiger partial charge < -0.3 is 9.73 Å². The van der Waals surface area contributed by atoms with E-state index in [-0.39, 0.29) is 0 Å². The summed E-state index contributed by atoms with van der Waals surface area (Å²) in [6, 6.07) is 4.06. The molecule has 1 saturated carbocycles. The van der Waals surface area contributed by atoms with Crippen molar-refractivity contribution in [2.45, 2.75) is 44.2 Å². The van der Waals surface area contributed by atoms with Crippen molar-refractivity contribution in [1.82, 2.24) is 10.2 Å². The standard InChI is InChI=1S/C14H22N2O/c1-2-6-14(7-3-1)12-16(9-8-15-14)11-13-5-4-10-17-13/h4-5,10,15H,1-3,6-9,11-12H2. The third kappa shape index (κ3) is 2.55. The summed E-state index contributed by atoms with van der Waals surface area (Å²) in [6.07, 6.45) is 8.67. The highest BCUT2D eigenvalue weighted by Gasteiger charge is 2.36. The average molecular weight is 234 g/mol. The second kappa shape index (κ2) is 4.83. The molecule has 1 saturated heterocycles. The van der Waals surface area contributed by atoms with E-state index < -0.39 is 0 Å². The third-order valence-electron chi connectivity index (χ3n) is 4.22. The zero-order valence-electron chi connectivity index (χ0n) is 10.5. The Hall–Kier alpha value is -0.800. The van der Waals surface area contributed by atoms with E-state index in [0.717, 1.165) is 25.4 Å². The predicted molar refractivity (Wildman–Crippen MR) is 67.8 cm³/mol. The largest absolute Gasteiger partial charge is 0.468 e. The van der Waals surface area contributed by atoms with Crippen molar-refractivity contribution in [3.63, 3.8) is 0 Å². The van der Waals surface area contributed by atoms with Gasteiger partial charge in [-0.25, -0.2) is 0 Å². The average Bonchev–Trinajstić information content (AvgIpc) is 2.83.